The van der Waals surface area contributed by atoms with Crippen LogP contribution in [-0.2, 0) is 0 Å². The molecule has 0 amide bonds. The van der Waals surface area contributed by atoms with Gasteiger partial charge in [0.2, 0.25) is 0 Å². The average molecular weight is 287 g/mol. The molecule has 1 aromatic rings. The second-order valence-corrected chi connectivity index (χ2v) is 7.08. The molecule has 0 aromatic heterocycles. The molecule has 0 fully saturated rings. The molecule has 0 aliphatic heterocycles. The van der Waals surface area contributed by atoms with Gasteiger partial charge in [-0.15, -0.1) is 0 Å². The molecule has 118 valence electrons. The second-order valence-electron chi connectivity index (χ2n) is 7.08. The Morgan fingerprint density at radius 2 is 1.38 bits per heavy atom. The van der Waals surface area contributed by atoms with E-state index in [1.165, 1.54) is 70.6 Å². The van der Waals surface area contributed by atoms with Crippen LogP contribution in [0.5, 0.6) is 0 Å². The summed E-state index contributed by atoms with van der Waals surface area (Å²) in [5.41, 5.74) is 3.28. The van der Waals surface area contributed by atoms with Crippen molar-refractivity contribution in [2.75, 3.05) is 0 Å². The molecule has 2 rings (SSSR count). The summed E-state index contributed by atoms with van der Waals surface area (Å²) in [6, 6.07) is 9.14. The molecule has 21 heavy (non-hydrogen) atoms. The van der Waals surface area contributed by atoms with Crippen molar-refractivity contribution in [1.82, 2.24) is 0 Å². The van der Waals surface area contributed by atoms with Gasteiger partial charge in [-0.1, -0.05) is 95.9 Å². The van der Waals surface area contributed by atoms with Gasteiger partial charge in [0, 0.05) is 0 Å². The first kappa shape index (κ1) is 16.6. The maximum Gasteiger partial charge on any atom is -0.0153 e. The van der Waals surface area contributed by atoms with Gasteiger partial charge in [0.05, 0.1) is 0 Å². The lowest BCUT2D eigenvalue weighted by atomic mass is 9.94. The van der Waals surface area contributed by atoms with Gasteiger partial charge in [0.25, 0.3) is 0 Å². The molecule has 0 saturated carbocycles. The highest BCUT2D eigenvalue weighted by Crippen LogP contribution is 2.43. The largest absolute Gasteiger partial charge is 0.0654 e. The number of benzene rings is 1. The van der Waals surface area contributed by atoms with E-state index in [2.05, 4.69) is 38.1 Å². The Labute approximate surface area is 132 Å². The van der Waals surface area contributed by atoms with E-state index < -0.39 is 0 Å². The molecule has 1 aliphatic rings. The maximum atomic E-state index is 2.40. The van der Waals surface area contributed by atoms with Crippen molar-refractivity contribution in [2.24, 2.45) is 0 Å². The number of hydrogen-bond acceptors (Lipinski definition) is 0. The van der Waals surface area contributed by atoms with Crippen molar-refractivity contribution >= 4 is 0 Å². The van der Waals surface area contributed by atoms with Crippen LogP contribution in [0.3, 0.4) is 0 Å². The first-order chi connectivity index (χ1) is 10.3. The molecule has 1 aliphatic carbocycles. The van der Waals surface area contributed by atoms with Gasteiger partial charge in [-0.3, -0.25) is 0 Å². The summed E-state index contributed by atoms with van der Waals surface area (Å²) in [6.07, 6.45) is 15.8. The molecule has 2 atom stereocenters. The predicted molar refractivity (Wildman–Crippen MR) is 94.1 cm³/mol. The Kier molecular flexibility index (Phi) is 7.33. The first-order valence-corrected chi connectivity index (χ1v) is 9.41. The van der Waals surface area contributed by atoms with E-state index in [9.17, 15) is 0 Å². The summed E-state index contributed by atoms with van der Waals surface area (Å²) in [5.74, 6) is 1.63. The van der Waals surface area contributed by atoms with E-state index in [0.717, 1.165) is 11.8 Å². The third kappa shape index (κ3) is 5.16. The smallest absolute Gasteiger partial charge is 0.0153 e. The monoisotopic (exact) mass is 286 g/mol. The Balaban J connectivity index is 1.56. The van der Waals surface area contributed by atoms with Crippen LogP contribution in [-0.4, -0.2) is 0 Å². The van der Waals surface area contributed by atoms with Gasteiger partial charge >= 0.3 is 0 Å². The van der Waals surface area contributed by atoms with Crippen LogP contribution < -0.4 is 0 Å². The zero-order valence-electron chi connectivity index (χ0n) is 14.2. The Bertz CT molecular complexity index is 393. The average Bonchev–Trinajstić information content (AvgIpc) is 2.83. The molecule has 0 heterocycles. The van der Waals surface area contributed by atoms with E-state index in [0.29, 0.717) is 0 Å². The Morgan fingerprint density at radius 1 is 0.810 bits per heavy atom. The van der Waals surface area contributed by atoms with E-state index in [-0.39, 0.29) is 0 Å². The molecule has 1 aromatic carbocycles. The predicted octanol–water partition coefficient (Wildman–Crippen LogP) is 7.20. The van der Waals surface area contributed by atoms with Crippen molar-refractivity contribution in [1.29, 1.82) is 0 Å². The van der Waals surface area contributed by atoms with Gasteiger partial charge in [0.1, 0.15) is 0 Å². The van der Waals surface area contributed by atoms with Crippen LogP contribution in [0.15, 0.2) is 24.3 Å². The van der Waals surface area contributed by atoms with Crippen molar-refractivity contribution in [3.8, 4) is 0 Å². The summed E-state index contributed by atoms with van der Waals surface area (Å²) in [4.78, 5) is 0. The minimum absolute atomic E-state index is 0.782. The van der Waals surface area contributed by atoms with Gasteiger partial charge in [-0.05, 0) is 35.8 Å². The van der Waals surface area contributed by atoms with Crippen molar-refractivity contribution in [2.45, 2.75) is 96.3 Å². The topological polar surface area (TPSA) is 0 Å². The van der Waals surface area contributed by atoms with Crippen LogP contribution >= 0.6 is 0 Å². The van der Waals surface area contributed by atoms with Crippen LogP contribution in [0, 0.1) is 0 Å². The van der Waals surface area contributed by atoms with E-state index in [4.69, 9.17) is 0 Å². The number of hydrogen-bond donors (Lipinski definition) is 0. The van der Waals surface area contributed by atoms with Crippen LogP contribution in [0.1, 0.15) is 107 Å². The minimum Gasteiger partial charge on any atom is -0.0654 e. The molecule has 0 spiro atoms. The number of fused-ring (bicyclic) bond motifs is 1. The van der Waals surface area contributed by atoms with E-state index in [1.807, 2.05) is 0 Å². The maximum absolute atomic E-state index is 2.40. The molecule has 0 saturated heterocycles. The summed E-state index contributed by atoms with van der Waals surface area (Å²) < 4.78 is 0. The minimum atomic E-state index is 0.782. The summed E-state index contributed by atoms with van der Waals surface area (Å²) in [5, 5.41) is 0. The molecule has 0 heteroatoms. The summed E-state index contributed by atoms with van der Waals surface area (Å²) >= 11 is 0. The summed E-state index contributed by atoms with van der Waals surface area (Å²) in [7, 11) is 0. The highest BCUT2D eigenvalue weighted by Gasteiger charge is 2.26. The molecule has 0 radical (unpaired) electrons. The van der Waals surface area contributed by atoms with Crippen molar-refractivity contribution in [3.63, 3.8) is 0 Å². The standard InChI is InChI=1S/C21H34/c1-3-4-5-6-7-8-9-10-11-14-19-17-18(2)20-15-12-13-16-21(19)20/h12-13,15-16,18-19H,3-11,14,17H2,1-2H3. The lowest BCUT2D eigenvalue weighted by molar-refractivity contribution is 0.512. The molecular weight excluding hydrogens is 252 g/mol. The highest BCUT2D eigenvalue weighted by molar-refractivity contribution is 5.37. The van der Waals surface area contributed by atoms with Gasteiger partial charge < -0.3 is 0 Å². The molecule has 0 nitrogen and oxygen atoms in total. The lowest BCUT2D eigenvalue weighted by Gasteiger charge is -2.11. The lowest BCUT2D eigenvalue weighted by Crippen LogP contribution is -1.93. The highest BCUT2D eigenvalue weighted by atomic mass is 14.3. The first-order valence-electron chi connectivity index (χ1n) is 9.41. The SMILES string of the molecule is CCCCCCCCCCCC1CC(C)c2ccccc21. The third-order valence-electron chi connectivity index (χ3n) is 5.26. The zero-order chi connectivity index (χ0) is 14.9. The summed E-state index contributed by atoms with van der Waals surface area (Å²) in [6.45, 7) is 4.69. The van der Waals surface area contributed by atoms with Gasteiger partial charge in [-0.25, -0.2) is 0 Å². The van der Waals surface area contributed by atoms with Gasteiger partial charge in [-0.2, -0.15) is 0 Å². The van der Waals surface area contributed by atoms with E-state index in [1.54, 1.807) is 11.1 Å². The molecular formula is C21H34. The van der Waals surface area contributed by atoms with Crippen LogP contribution in [0.4, 0.5) is 0 Å². The fourth-order valence-corrected chi connectivity index (χ4v) is 3.99. The Hall–Kier alpha value is -0.780. The fraction of sp³-hybridized carbons (Fsp3) is 0.714. The fourth-order valence-electron chi connectivity index (χ4n) is 3.99. The van der Waals surface area contributed by atoms with Crippen molar-refractivity contribution in [3.05, 3.63) is 35.4 Å². The van der Waals surface area contributed by atoms with Crippen LogP contribution in [0.2, 0.25) is 0 Å². The van der Waals surface area contributed by atoms with Crippen LogP contribution in [0.25, 0.3) is 0 Å². The Morgan fingerprint density at radius 3 is 2.05 bits per heavy atom. The quantitative estimate of drug-likeness (QED) is 0.399. The molecule has 0 bridgehead atoms. The van der Waals surface area contributed by atoms with Gasteiger partial charge in [0.15, 0.2) is 0 Å². The normalized spacial score (nSPS) is 20.7. The zero-order valence-corrected chi connectivity index (χ0v) is 14.2. The molecule has 2 unspecified atom stereocenters. The third-order valence-corrected chi connectivity index (χ3v) is 5.26. The number of rotatable bonds is 10. The molecule has 0 N–H and O–H groups in total. The van der Waals surface area contributed by atoms with Crippen molar-refractivity contribution < 1.29 is 0 Å². The van der Waals surface area contributed by atoms with E-state index >= 15 is 0 Å². The second kappa shape index (κ2) is 9.28. The number of unbranched alkanes of at least 4 members (excludes halogenated alkanes) is 8.